The highest BCUT2D eigenvalue weighted by molar-refractivity contribution is 5.73. The lowest BCUT2D eigenvalue weighted by molar-refractivity contribution is -0.142. The Kier molecular flexibility index (Phi) is 7.27. The average molecular weight is 356 g/mol. The molecule has 25 heavy (non-hydrogen) atoms. The van der Waals surface area contributed by atoms with Crippen molar-refractivity contribution in [3.05, 3.63) is 59.1 Å². The lowest BCUT2D eigenvalue weighted by Gasteiger charge is -2.15. The zero-order valence-corrected chi connectivity index (χ0v) is 15.0. The summed E-state index contributed by atoms with van der Waals surface area (Å²) >= 11 is 0. The first kappa shape index (κ1) is 20.8. The third kappa shape index (κ3) is 6.29. The van der Waals surface area contributed by atoms with E-state index in [9.17, 15) is 18.0 Å². The van der Waals surface area contributed by atoms with Crippen molar-refractivity contribution >= 4 is 5.97 Å². The summed E-state index contributed by atoms with van der Waals surface area (Å²) in [7, 11) is 0. The van der Waals surface area contributed by atoms with Crippen molar-refractivity contribution in [1.82, 2.24) is 0 Å². The number of ether oxygens (including phenoxy) is 2. The molecule has 1 aromatic rings. The van der Waals surface area contributed by atoms with Gasteiger partial charge in [0.25, 0.3) is 0 Å². The minimum Gasteiger partial charge on any atom is -0.493 e. The molecule has 3 nitrogen and oxygen atoms in total. The zero-order chi connectivity index (χ0) is 19.2. The van der Waals surface area contributed by atoms with E-state index in [4.69, 9.17) is 9.47 Å². The number of hydrogen-bond acceptors (Lipinski definition) is 3. The van der Waals surface area contributed by atoms with E-state index in [1.165, 1.54) is 18.4 Å². The molecule has 0 amide bonds. The van der Waals surface area contributed by atoms with Gasteiger partial charge in [-0.2, -0.15) is 13.2 Å². The van der Waals surface area contributed by atoms with Gasteiger partial charge in [0.1, 0.15) is 11.9 Å². The lowest BCUT2D eigenvalue weighted by Crippen LogP contribution is -2.12. The summed E-state index contributed by atoms with van der Waals surface area (Å²) in [4.78, 5) is 11.7. The van der Waals surface area contributed by atoms with Gasteiger partial charge in [0.2, 0.25) is 0 Å². The number of alkyl halides is 3. The summed E-state index contributed by atoms with van der Waals surface area (Å²) < 4.78 is 48.6. The normalized spacial score (nSPS) is 14.4. The molecular weight excluding hydrogens is 333 g/mol. The number of hydrogen-bond donors (Lipinski definition) is 0. The van der Waals surface area contributed by atoms with E-state index in [0.717, 1.165) is 12.1 Å². The van der Waals surface area contributed by atoms with Crippen LogP contribution >= 0.6 is 0 Å². The van der Waals surface area contributed by atoms with Crippen molar-refractivity contribution in [3.63, 3.8) is 0 Å². The van der Waals surface area contributed by atoms with Crippen LogP contribution in [0.1, 0.15) is 51.8 Å². The van der Waals surface area contributed by atoms with Gasteiger partial charge in [-0.25, -0.2) is 0 Å². The van der Waals surface area contributed by atoms with E-state index in [2.05, 4.69) is 0 Å². The average Bonchev–Trinajstić information content (AvgIpc) is 2.56. The predicted molar refractivity (Wildman–Crippen MR) is 89.4 cm³/mol. The Morgan fingerprint density at radius 1 is 1.12 bits per heavy atom. The number of benzene rings is 1. The van der Waals surface area contributed by atoms with Gasteiger partial charge in [-0.1, -0.05) is 26.0 Å². The molecule has 6 heteroatoms. The van der Waals surface area contributed by atoms with E-state index in [1.807, 2.05) is 0 Å². The van der Waals surface area contributed by atoms with Crippen LogP contribution in [0.15, 0.2) is 47.9 Å². The van der Waals surface area contributed by atoms with E-state index >= 15 is 0 Å². The van der Waals surface area contributed by atoms with E-state index in [-0.39, 0.29) is 11.9 Å². The quantitative estimate of drug-likeness (QED) is 0.368. The molecule has 0 radical (unpaired) electrons. The molecule has 138 valence electrons. The Hall–Kier alpha value is -2.24. The van der Waals surface area contributed by atoms with Crippen LogP contribution in [0, 0.1) is 5.92 Å². The summed E-state index contributed by atoms with van der Waals surface area (Å²) in [5.41, 5.74) is 0.514. The summed E-state index contributed by atoms with van der Waals surface area (Å²) in [6, 6.07) is 4.80. The molecule has 0 bridgehead atoms. The number of halogens is 3. The van der Waals surface area contributed by atoms with Crippen LogP contribution in [0.2, 0.25) is 0 Å². The summed E-state index contributed by atoms with van der Waals surface area (Å²) in [6.45, 7) is 8.65. The predicted octanol–water partition coefficient (Wildman–Crippen LogP) is 5.79. The Labute approximate surface area is 146 Å². The van der Waals surface area contributed by atoms with E-state index in [1.54, 1.807) is 40.7 Å². The summed E-state index contributed by atoms with van der Waals surface area (Å²) in [5, 5.41) is 0. The van der Waals surface area contributed by atoms with Crippen molar-refractivity contribution < 1.29 is 27.4 Å². The standard InChI is InChI=1S/C19H23F3O3/c1-6-17(25-18(23)12(2)3)13(4)11-24-14(5)15-7-9-16(10-8-15)19(20,21)22/h6-12,14H,1-5H3/b13-11+,17-6-/t14-/m1/s1. The minimum atomic E-state index is -4.36. The van der Waals surface area contributed by atoms with Gasteiger partial charge in [0.15, 0.2) is 0 Å². The first-order valence-corrected chi connectivity index (χ1v) is 7.94. The number of carbonyl (C=O) groups is 1. The van der Waals surface area contributed by atoms with Crippen molar-refractivity contribution in [2.75, 3.05) is 0 Å². The van der Waals surface area contributed by atoms with Gasteiger partial charge in [-0.05, 0) is 44.5 Å². The molecule has 0 heterocycles. The topological polar surface area (TPSA) is 35.5 Å². The Balaban J connectivity index is 2.77. The molecule has 1 aromatic carbocycles. The molecule has 0 aromatic heterocycles. The molecule has 0 saturated carbocycles. The van der Waals surface area contributed by atoms with Gasteiger partial charge < -0.3 is 9.47 Å². The first-order chi connectivity index (χ1) is 11.6. The zero-order valence-electron chi connectivity index (χ0n) is 15.0. The molecule has 0 spiro atoms. The molecule has 0 saturated heterocycles. The van der Waals surface area contributed by atoms with Crippen molar-refractivity contribution in [2.45, 2.75) is 46.9 Å². The highest BCUT2D eigenvalue weighted by Gasteiger charge is 2.30. The summed E-state index contributed by atoms with van der Waals surface area (Å²) in [5.74, 6) is -0.218. The van der Waals surface area contributed by atoms with Crippen molar-refractivity contribution in [1.29, 1.82) is 0 Å². The van der Waals surface area contributed by atoms with Crippen LogP contribution in [0.5, 0.6) is 0 Å². The maximum Gasteiger partial charge on any atom is 0.416 e. The molecule has 0 fully saturated rings. The molecule has 1 atom stereocenters. The maximum atomic E-state index is 12.6. The molecule has 1 rings (SSSR count). The Bertz CT molecular complexity index is 641. The second-order valence-corrected chi connectivity index (χ2v) is 5.93. The minimum absolute atomic E-state index is 0.255. The van der Waals surface area contributed by atoms with Crippen LogP contribution in [-0.2, 0) is 20.4 Å². The SMILES string of the molecule is C/C=C(OC(=O)C(C)C)/C(C)=C/O[C@H](C)c1ccc(C(F)(F)F)cc1. The van der Waals surface area contributed by atoms with Crippen LogP contribution in [-0.4, -0.2) is 5.97 Å². The number of allylic oxidation sites excluding steroid dienone is 2. The third-order valence-corrected chi connectivity index (χ3v) is 3.49. The first-order valence-electron chi connectivity index (χ1n) is 7.94. The summed E-state index contributed by atoms with van der Waals surface area (Å²) in [6.07, 6.45) is -1.72. The van der Waals surface area contributed by atoms with E-state index in [0.29, 0.717) is 16.9 Å². The monoisotopic (exact) mass is 356 g/mol. The van der Waals surface area contributed by atoms with Crippen molar-refractivity contribution in [2.24, 2.45) is 5.92 Å². The smallest absolute Gasteiger partial charge is 0.416 e. The molecule has 0 unspecified atom stereocenters. The van der Waals surface area contributed by atoms with Crippen molar-refractivity contribution in [3.8, 4) is 0 Å². The van der Waals surface area contributed by atoms with Gasteiger partial charge in [0, 0.05) is 5.57 Å². The third-order valence-electron chi connectivity index (χ3n) is 3.49. The van der Waals surface area contributed by atoms with Crippen LogP contribution in [0.4, 0.5) is 13.2 Å². The van der Waals surface area contributed by atoms with Gasteiger partial charge in [0.05, 0.1) is 17.7 Å². The van der Waals surface area contributed by atoms with Crippen LogP contribution in [0.3, 0.4) is 0 Å². The highest BCUT2D eigenvalue weighted by atomic mass is 19.4. The van der Waals surface area contributed by atoms with Crippen LogP contribution < -0.4 is 0 Å². The number of carbonyl (C=O) groups excluding carboxylic acids is 1. The second-order valence-electron chi connectivity index (χ2n) is 5.93. The maximum absolute atomic E-state index is 12.6. The molecule has 0 aliphatic carbocycles. The molecule has 0 N–H and O–H groups in total. The second kappa shape index (κ2) is 8.74. The Morgan fingerprint density at radius 2 is 1.68 bits per heavy atom. The molecular formula is C19H23F3O3. The van der Waals surface area contributed by atoms with Gasteiger partial charge in [-0.3, -0.25) is 4.79 Å². The van der Waals surface area contributed by atoms with Gasteiger partial charge >= 0.3 is 12.1 Å². The van der Waals surface area contributed by atoms with E-state index < -0.39 is 17.8 Å². The number of rotatable bonds is 6. The highest BCUT2D eigenvalue weighted by Crippen LogP contribution is 2.30. The fraction of sp³-hybridized carbons (Fsp3) is 0.421. The fourth-order valence-electron chi connectivity index (χ4n) is 1.88. The molecule has 0 aliphatic heterocycles. The van der Waals surface area contributed by atoms with Gasteiger partial charge in [-0.15, -0.1) is 0 Å². The Morgan fingerprint density at radius 3 is 2.12 bits per heavy atom. The molecule has 0 aliphatic rings. The van der Waals surface area contributed by atoms with Crippen LogP contribution in [0.25, 0.3) is 0 Å². The number of esters is 1. The fourth-order valence-corrected chi connectivity index (χ4v) is 1.88. The lowest BCUT2D eigenvalue weighted by atomic mass is 10.1. The largest absolute Gasteiger partial charge is 0.493 e.